The molecule has 0 unspecified atom stereocenters. The second-order valence-electron chi connectivity index (χ2n) is 5.96. The van der Waals surface area contributed by atoms with Crippen molar-refractivity contribution >= 4 is 17.2 Å². The summed E-state index contributed by atoms with van der Waals surface area (Å²) in [5, 5.41) is 5.88. The number of aromatic nitrogens is 2. The Morgan fingerprint density at radius 1 is 1.61 bits per heavy atom. The van der Waals surface area contributed by atoms with Crippen LogP contribution in [-0.2, 0) is 16.0 Å². The van der Waals surface area contributed by atoms with Crippen molar-refractivity contribution in [3.05, 3.63) is 34.1 Å². The van der Waals surface area contributed by atoms with Crippen LogP contribution in [0.5, 0.6) is 0 Å². The lowest BCUT2D eigenvalue weighted by molar-refractivity contribution is -0.136. The van der Waals surface area contributed by atoms with Crippen molar-refractivity contribution in [2.75, 3.05) is 13.7 Å². The standard InChI is InChI=1S/C16H21N3O3S/c1-10(7-13-5-4-6-23-13)16(20)19-9-12(21-3)8-14(19)15-17-11(2)18-22-15/h4-6,10,12,14H,7-9H2,1-3H3/t10-,12+,14+/m0/s1. The zero-order valence-electron chi connectivity index (χ0n) is 13.6. The molecule has 23 heavy (non-hydrogen) atoms. The average molecular weight is 335 g/mol. The number of hydrogen-bond donors (Lipinski definition) is 0. The van der Waals surface area contributed by atoms with E-state index >= 15 is 0 Å². The SMILES string of the molecule is CO[C@@H]1C[C@H](c2nc(C)no2)N(C(=O)[C@@H](C)Cc2cccs2)C1. The van der Waals surface area contributed by atoms with Crippen LogP contribution >= 0.6 is 11.3 Å². The maximum atomic E-state index is 12.9. The molecule has 0 N–H and O–H groups in total. The van der Waals surface area contributed by atoms with E-state index in [4.69, 9.17) is 9.26 Å². The number of amides is 1. The van der Waals surface area contributed by atoms with Gasteiger partial charge in [0.1, 0.15) is 6.04 Å². The molecular formula is C16H21N3O3S. The Morgan fingerprint density at radius 2 is 2.43 bits per heavy atom. The van der Waals surface area contributed by atoms with Crippen LogP contribution < -0.4 is 0 Å². The van der Waals surface area contributed by atoms with Crippen LogP contribution in [0, 0.1) is 12.8 Å². The van der Waals surface area contributed by atoms with E-state index in [0.717, 1.165) is 6.42 Å². The molecule has 3 rings (SSSR count). The summed E-state index contributed by atoms with van der Waals surface area (Å²) in [4.78, 5) is 20.3. The maximum absolute atomic E-state index is 12.9. The highest BCUT2D eigenvalue weighted by Gasteiger charge is 2.40. The summed E-state index contributed by atoms with van der Waals surface area (Å²) in [5.41, 5.74) is 0. The molecule has 3 atom stereocenters. The van der Waals surface area contributed by atoms with Crippen molar-refractivity contribution in [1.29, 1.82) is 0 Å². The summed E-state index contributed by atoms with van der Waals surface area (Å²) in [5.74, 6) is 1.10. The van der Waals surface area contributed by atoms with Crippen molar-refractivity contribution in [3.8, 4) is 0 Å². The summed E-state index contributed by atoms with van der Waals surface area (Å²) in [6, 6.07) is 3.88. The number of likely N-dealkylation sites (tertiary alicyclic amines) is 1. The van der Waals surface area contributed by atoms with Crippen LogP contribution in [0.1, 0.15) is 36.0 Å². The Hall–Kier alpha value is -1.73. The largest absolute Gasteiger partial charge is 0.380 e. The van der Waals surface area contributed by atoms with Gasteiger partial charge in [-0.1, -0.05) is 18.1 Å². The minimum absolute atomic E-state index is 0.00472. The van der Waals surface area contributed by atoms with Gasteiger partial charge in [0, 0.05) is 30.9 Å². The Kier molecular flexibility index (Phi) is 4.77. The molecule has 124 valence electrons. The molecule has 7 heteroatoms. The first-order valence-electron chi connectivity index (χ1n) is 7.74. The van der Waals surface area contributed by atoms with E-state index in [1.54, 1.807) is 25.4 Å². The minimum atomic E-state index is -0.195. The van der Waals surface area contributed by atoms with Gasteiger partial charge in [-0.2, -0.15) is 4.98 Å². The Labute approximate surface area is 139 Å². The van der Waals surface area contributed by atoms with Gasteiger partial charge >= 0.3 is 0 Å². The van der Waals surface area contributed by atoms with Crippen LogP contribution in [0.4, 0.5) is 0 Å². The van der Waals surface area contributed by atoms with E-state index in [9.17, 15) is 4.79 Å². The summed E-state index contributed by atoms with van der Waals surface area (Å²) in [6.07, 6.45) is 1.45. The van der Waals surface area contributed by atoms with Gasteiger partial charge in [-0.15, -0.1) is 11.3 Å². The number of methoxy groups -OCH3 is 1. The third-order valence-electron chi connectivity index (χ3n) is 4.22. The molecule has 0 spiro atoms. The second kappa shape index (κ2) is 6.80. The van der Waals surface area contributed by atoms with Gasteiger partial charge in [0.2, 0.25) is 11.8 Å². The normalized spacial score (nSPS) is 22.5. The van der Waals surface area contributed by atoms with Crippen molar-refractivity contribution in [2.45, 2.75) is 38.8 Å². The van der Waals surface area contributed by atoms with Crippen LogP contribution in [0.15, 0.2) is 22.0 Å². The zero-order chi connectivity index (χ0) is 16.4. The van der Waals surface area contributed by atoms with Crippen LogP contribution in [0.3, 0.4) is 0 Å². The predicted octanol–water partition coefficient (Wildman–Crippen LogP) is 2.61. The number of aryl methyl sites for hydroxylation is 1. The quantitative estimate of drug-likeness (QED) is 0.840. The molecule has 3 heterocycles. The van der Waals surface area contributed by atoms with E-state index < -0.39 is 0 Å². The Bertz CT molecular complexity index is 655. The molecule has 0 aromatic carbocycles. The maximum Gasteiger partial charge on any atom is 0.249 e. The lowest BCUT2D eigenvalue weighted by Gasteiger charge is -2.25. The van der Waals surface area contributed by atoms with Crippen molar-refractivity contribution < 1.29 is 14.1 Å². The smallest absolute Gasteiger partial charge is 0.249 e. The zero-order valence-corrected chi connectivity index (χ0v) is 14.4. The fraction of sp³-hybridized carbons (Fsp3) is 0.562. The number of carbonyl (C=O) groups excluding carboxylic acids is 1. The number of carbonyl (C=O) groups is 1. The molecule has 1 saturated heterocycles. The van der Waals surface area contributed by atoms with Gasteiger partial charge in [0.25, 0.3) is 0 Å². The first-order chi connectivity index (χ1) is 11.1. The molecule has 1 aliphatic heterocycles. The molecule has 2 aromatic heterocycles. The number of rotatable bonds is 5. The summed E-state index contributed by atoms with van der Waals surface area (Å²) in [7, 11) is 1.67. The lowest BCUT2D eigenvalue weighted by atomic mass is 10.0. The van der Waals surface area contributed by atoms with Crippen LogP contribution in [0.2, 0.25) is 0 Å². The van der Waals surface area contributed by atoms with E-state index in [1.807, 2.05) is 23.3 Å². The van der Waals surface area contributed by atoms with Gasteiger partial charge in [-0.3, -0.25) is 4.79 Å². The Balaban J connectivity index is 1.76. The highest BCUT2D eigenvalue weighted by Crippen LogP contribution is 2.34. The first-order valence-corrected chi connectivity index (χ1v) is 8.62. The third kappa shape index (κ3) is 3.45. The van der Waals surface area contributed by atoms with Crippen molar-refractivity contribution in [1.82, 2.24) is 15.0 Å². The number of ether oxygens (including phenoxy) is 1. The summed E-state index contributed by atoms with van der Waals surface area (Å²) in [6.45, 7) is 4.32. The molecule has 1 aliphatic rings. The lowest BCUT2D eigenvalue weighted by Crippen LogP contribution is -2.36. The second-order valence-corrected chi connectivity index (χ2v) is 7.00. The molecule has 1 amide bonds. The monoisotopic (exact) mass is 335 g/mol. The van der Waals surface area contributed by atoms with E-state index in [0.29, 0.717) is 24.7 Å². The summed E-state index contributed by atoms with van der Waals surface area (Å²) < 4.78 is 10.8. The number of hydrogen-bond acceptors (Lipinski definition) is 6. The highest BCUT2D eigenvalue weighted by atomic mass is 32.1. The van der Waals surface area contributed by atoms with Crippen LogP contribution in [0.25, 0.3) is 0 Å². The third-order valence-corrected chi connectivity index (χ3v) is 5.12. The molecule has 1 fully saturated rings. The van der Waals surface area contributed by atoms with E-state index in [2.05, 4.69) is 16.2 Å². The predicted molar refractivity (Wildman–Crippen MR) is 86.1 cm³/mol. The molecule has 0 radical (unpaired) electrons. The fourth-order valence-corrected chi connectivity index (χ4v) is 3.83. The molecule has 6 nitrogen and oxygen atoms in total. The highest BCUT2D eigenvalue weighted by molar-refractivity contribution is 7.09. The topological polar surface area (TPSA) is 68.5 Å². The first kappa shape index (κ1) is 16.1. The molecule has 2 aromatic rings. The molecular weight excluding hydrogens is 314 g/mol. The van der Waals surface area contributed by atoms with Gasteiger partial charge in [-0.25, -0.2) is 0 Å². The van der Waals surface area contributed by atoms with Gasteiger partial charge < -0.3 is 14.2 Å². The van der Waals surface area contributed by atoms with Gasteiger partial charge in [0.05, 0.1) is 6.10 Å². The van der Waals surface area contributed by atoms with E-state index in [-0.39, 0.29) is 24.0 Å². The minimum Gasteiger partial charge on any atom is -0.380 e. The van der Waals surface area contributed by atoms with Crippen molar-refractivity contribution in [2.24, 2.45) is 5.92 Å². The molecule has 0 aliphatic carbocycles. The molecule has 0 bridgehead atoms. The van der Waals surface area contributed by atoms with Crippen molar-refractivity contribution in [3.63, 3.8) is 0 Å². The molecule has 0 saturated carbocycles. The van der Waals surface area contributed by atoms with Gasteiger partial charge in [-0.05, 0) is 24.8 Å². The fourth-order valence-electron chi connectivity index (χ4n) is 3.00. The van der Waals surface area contributed by atoms with Gasteiger partial charge in [0.15, 0.2) is 5.82 Å². The summed E-state index contributed by atoms with van der Waals surface area (Å²) >= 11 is 1.68. The average Bonchev–Trinajstić information content (AvgIpc) is 3.26. The number of thiophene rings is 1. The van der Waals surface area contributed by atoms with E-state index in [1.165, 1.54) is 4.88 Å². The number of nitrogens with zero attached hydrogens (tertiary/aromatic N) is 3. The van der Waals surface area contributed by atoms with Crippen LogP contribution in [-0.4, -0.2) is 40.7 Å². The Morgan fingerprint density at radius 3 is 3.04 bits per heavy atom.